The fraction of sp³-hybridized carbons (Fsp3) is 0.500. The van der Waals surface area contributed by atoms with Gasteiger partial charge in [0.1, 0.15) is 6.26 Å². The Hall–Kier alpha value is -1.65. The molecule has 0 aliphatic rings. The molecule has 2 rings (SSSR count). The highest BCUT2D eigenvalue weighted by Gasteiger charge is 2.16. The highest BCUT2D eigenvalue weighted by Crippen LogP contribution is 2.25. The van der Waals surface area contributed by atoms with Crippen molar-refractivity contribution in [3.05, 3.63) is 18.5 Å². The van der Waals surface area contributed by atoms with E-state index in [-0.39, 0.29) is 0 Å². The second-order valence-corrected chi connectivity index (χ2v) is 3.33. The predicted octanol–water partition coefficient (Wildman–Crippen LogP) is 2.63. The van der Waals surface area contributed by atoms with Crippen molar-refractivity contribution in [3.63, 3.8) is 0 Å². The van der Waals surface area contributed by atoms with E-state index in [1.54, 1.807) is 6.26 Å². The van der Waals surface area contributed by atoms with Gasteiger partial charge in [-0.1, -0.05) is 13.8 Å². The first-order valence-electron chi connectivity index (χ1n) is 5.07. The number of oxazole rings is 1. The molecule has 0 fully saturated rings. The Labute approximate surface area is 87.5 Å². The predicted molar refractivity (Wildman–Crippen MR) is 53.1 cm³/mol. The van der Waals surface area contributed by atoms with Crippen molar-refractivity contribution in [1.82, 2.24) is 15.2 Å². The molecule has 0 atom stereocenters. The molecule has 15 heavy (non-hydrogen) atoms. The lowest BCUT2D eigenvalue weighted by atomic mass is 10.0. The minimum absolute atomic E-state index is 0.363. The van der Waals surface area contributed by atoms with Gasteiger partial charge in [-0.15, -0.1) is 10.2 Å². The maximum absolute atomic E-state index is 5.39. The third-order valence-electron chi connectivity index (χ3n) is 2.44. The van der Waals surface area contributed by atoms with Gasteiger partial charge in [0.15, 0.2) is 11.6 Å². The summed E-state index contributed by atoms with van der Waals surface area (Å²) in [5, 5.41) is 7.37. The Morgan fingerprint density at radius 3 is 2.67 bits per heavy atom. The van der Waals surface area contributed by atoms with Gasteiger partial charge in [0.25, 0.3) is 5.89 Å². The van der Waals surface area contributed by atoms with E-state index in [9.17, 15) is 0 Å². The number of aromatic nitrogens is 3. The van der Waals surface area contributed by atoms with Crippen LogP contribution in [0.3, 0.4) is 0 Å². The minimum atomic E-state index is 0.363. The topological polar surface area (TPSA) is 65.0 Å². The van der Waals surface area contributed by atoms with E-state index in [0.29, 0.717) is 17.5 Å². The van der Waals surface area contributed by atoms with E-state index >= 15 is 0 Å². The maximum atomic E-state index is 5.39. The quantitative estimate of drug-likeness (QED) is 0.771. The molecule has 2 aromatic heterocycles. The minimum Gasteiger partial charge on any atom is -0.448 e. The van der Waals surface area contributed by atoms with Crippen LogP contribution in [0.2, 0.25) is 0 Å². The molecule has 0 N–H and O–H groups in total. The van der Waals surface area contributed by atoms with Gasteiger partial charge in [-0.25, -0.2) is 4.98 Å². The number of hydrogen-bond donors (Lipinski definition) is 0. The average molecular weight is 207 g/mol. The van der Waals surface area contributed by atoms with Crippen molar-refractivity contribution < 1.29 is 8.83 Å². The molecular weight excluding hydrogens is 194 g/mol. The molecule has 80 valence electrons. The van der Waals surface area contributed by atoms with Crippen LogP contribution >= 0.6 is 0 Å². The molecule has 0 radical (unpaired) electrons. The summed E-state index contributed by atoms with van der Waals surface area (Å²) in [4.78, 5) is 4.33. The highest BCUT2D eigenvalue weighted by atomic mass is 16.4. The molecular formula is C10H13N3O2. The second-order valence-electron chi connectivity index (χ2n) is 3.33. The molecule has 0 saturated carbocycles. The third-order valence-corrected chi connectivity index (χ3v) is 2.44. The monoisotopic (exact) mass is 207 g/mol. The smallest absolute Gasteiger partial charge is 0.269 e. The lowest BCUT2D eigenvalue weighted by Crippen LogP contribution is -1.95. The first-order valence-corrected chi connectivity index (χ1v) is 5.07. The van der Waals surface area contributed by atoms with Gasteiger partial charge >= 0.3 is 0 Å². The molecule has 0 aliphatic carbocycles. The number of hydrogen-bond acceptors (Lipinski definition) is 5. The molecule has 5 nitrogen and oxygen atoms in total. The maximum Gasteiger partial charge on any atom is 0.269 e. The molecule has 2 aromatic rings. The van der Waals surface area contributed by atoms with E-state index in [2.05, 4.69) is 29.0 Å². The Morgan fingerprint density at radius 1 is 1.27 bits per heavy atom. The largest absolute Gasteiger partial charge is 0.448 e. The summed E-state index contributed by atoms with van der Waals surface area (Å²) >= 11 is 0. The van der Waals surface area contributed by atoms with Gasteiger partial charge in [-0.05, 0) is 12.8 Å². The van der Waals surface area contributed by atoms with Crippen LogP contribution in [0.5, 0.6) is 0 Å². The summed E-state index contributed by atoms with van der Waals surface area (Å²) in [5.74, 6) is 1.51. The van der Waals surface area contributed by atoms with Crippen molar-refractivity contribution in [2.24, 2.45) is 0 Å². The lowest BCUT2D eigenvalue weighted by Gasteiger charge is -2.05. The molecule has 0 saturated heterocycles. The molecule has 2 heterocycles. The van der Waals surface area contributed by atoms with E-state index in [4.69, 9.17) is 8.83 Å². The summed E-state index contributed by atoms with van der Waals surface area (Å²) in [6, 6.07) is 0. The SMILES string of the molecule is CCC(CC)c1nc(-c2nnco2)co1. The van der Waals surface area contributed by atoms with Crippen LogP contribution < -0.4 is 0 Å². The third kappa shape index (κ3) is 1.91. The summed E-state index contributed by atoms with van der Waals surface area (Å²) < 4.78 is 10.4. The van der Waals surface area contributed by atoms with Crippen LogP contribution in [0, 0.1) is 0 Å². The zero-order chi connectivity index (χ0) is 10.7. The van der Waals surface area contributed by atoms with Crippen molar-refractivity contribution in [2.45, 2.75) is 32.6 Å². The van der Waals surface area contributed by atoms with Crippen molar-refractivity contribution in [3.8, 4) is 11.6 Å². The molecule has 0 spiro atoms. The van der Waals surface area contributed by atoms with Gasteiger partial charge in [-0.2, -0.15) is 0 Å². The van der Waals surface area contributed by atoms with Crippen LogP contribution in [0.4, 0.5) is 0 Å². The van der Waals surface area contributed by atoms with E-state index in [1.807, 2.05) is 0 Å². The van der Waals surface area contributed by atoms with Crippen LogP contribution in [0.25, 0.3) is 11.6 Å². The second kappa shape index (κ2) is 4.25. The number of nitrogens with zero attached hydrogens (tertiary/aromatic N) is 3. The van der Waals surface area contributed by atoms with E-state index in [0.717, 1.165) is 18.7 Å². The van der Waals surface area contributed by atoms with Crippen LogP contribution in [-0.2, 0) is 0 Å². The van der Waals surface area contributed by atoms with Gasteiger partial charge in [0.05, 0.1) is 0 Å². The van der Waals surface area contributed by atoms with Gasteiger partial charge in [-0.3, -0.25) is 0 Å². The van der Waals surface area contributed by atoms with Crippen molar-refractivity contribution >= 4 is 0 Å². The summed E-state index contributed by atoms with van der Waals surface area (Å²) in [7, 11) is 0. The molecule has 0 aromatic carbocycles. The normalized spacial score (nSPS) is 11.1. The molecule has 0 bridgehead atoms. The standard InChI is InChI=1S/C10H13N3O2/c1-3-7(4-2)9-12-8(5-14-9)10-13-11-6-15-10/h5-7H,3-4H2,1-2H3. The van der Waals surface area contributed by atoms with Crippen LogP contribution in [0.15, 0.2) is 21.5 Å². The molecule has 0 amide bonds. The van der Waals surface area contributed by atoms with Gasteiger partial charge in [0.2, 0.25) is 6.39 Å². The van der Waals surface area contributed by atoms with E-state index < -0.39 is 0 Å². The first-order chi connectivity index (χ1) is 7.35. The van der Waals surface area contributed by atoms with E-state index in [1.165, 1.54) is 6.39 Å². The summed E-state index contributed by atoms with van der Waals surface area (Å²) in [6.45, 7) is 4.23. The first kappa shape index (κ1) is 9.89. The Balaban J connectivity index is 2.24. The molecule has 0 aliphatic heterocycles. The Kier molecular flexibility index (Phi) is 2.80. The van der Waals surface area contributed by atoms with Gasteiger partial charge < -0.3 is 8.83 Å². The Bertz CT molecular complexity index is 404. The fourth-order valence-corrected chi connectivity index (χ4v) is 1.50. The molecule has 0 unspecified atom stereocenters. The average Bonchev–Trinajstić information content (AvgIpc) is 2.89. The van der Waals surface area contributed by atoms with Gasteiger partial charge in [0, 0.05) is 5.92 Å². The fourth-order valence-electron chi connectivity index (χ4n) is 1.50. The van der Waals surface area contributed by atoms with Crippen LogP contribution in [0.1, 0.15) is 38.5 Å². The zero-order valence-corrected chi connectivity index (χ0v) is 8.80. The zero-order valence-electron chi connectivity index (χ0n) is 8.80. The summed E-state index contributed by atoms with van der Waals surface area (Å²) in [5.41, 5.74) is 0.606. The number of rotatable bonds is 4. The van der Waals surface area contributed by atoms with Crippen LogP contribution in [-0.4, -0.2) is 15.2 Å². The van der Waals surface area contributed by atoms with Crippen molar-refractivity contribution in [1.29, 1.82) is 0 Å². The summed E-state index contributed by atoms with van der Waals surface area (Å²) in [6.07, 6.45) is 4.86. The Morgan fingerprint density at radius 2 is 2.07 bits per heavy atom. The lowest BCUT2D eigenvalue weighted by molar-refractivity contribution is 0.431. The van der Waals surface area contributed by atoms with Crippen molar-refractivity contribution in [2.75, 3.05) is 0 Å². The highest BCUT2D eigenvalue weighted by molar-refractivity contribution is 5.43. The molecule has 5 heteroatoms.